The van der Waals surface area contributed by atoms with E-state index in [4.69, 9.17) is 0 Å². The molecule has 32 heavy (non-hydrogen) atoms. The molecule has 1 aliphatic heterocycles. The number of nitrogens with one attached hydrogen (secondary N) is 3. The molecule has 176 valence electrons. The van der Waals surface area contributed by atoms with Crippen LogP contribution in [0.3, 0.4) is 0 Å². The van der Waals surface area contributed by atoms with E-state index in [9.17, 15) is 8.42 Å². The molecule has 2 aromatic rings. The van der Waals surface area contributed by atoms with Crippen LogP contribution in [0.4, 0.5) is 0 Å². The molecule has 0 saturated carbocycles. The van der Waals surface area contributed by atoms with Gasteiger partial charge >= 0.3 is 0 Å². The molecule has 2 unspecified atom stereocenters. The Kier molecular flexibility index (Phi) is 10.4. The van der Waals surface area contributed by atoms with Gasteiger partial charge in [0.2, 0.25) is 10.0 Å². The first-order valence-corrected chi connectivity index (χ1v) is 12.3. The van der Waals surface area contributed by atoms with Gasteiger partial charge in [0.05, 0.1) is 5.75 Å². The highest BCUT2D eigenvalue weighted by atomic mass is 127. The van der Waals surface area contributed by atoms with Gasteiger partial charge in [-0.25, -0.2) is 13.1 Å². The Morgan fingerprint density at radius 2 is 1.78 bits per heavy atom. The number of nitrogens with zero attached hydrogens (tertiary/aromatic N) is 2. The lowest BCUT2D eigenvalue weighted by atomic mass is 10.1. The quantitative estimate of drug-likeness (QED) is 0.258. The van der Waals surface area contributed by atoms with Crippen molar-refractivity contribution >= 4 is 40.0 Å². The van der Waals surface area contributed by atoms with E-state index >= 15 is 0 Å². The zero-order valence-corrected chi connectivity index (χ0v) is 22.1. The Labute approximate surface area is 209 Å². The molecular formula is C23H34IN5O2S. The molecular weight excluding hydrogens is 537 g/mol. The van der Waals surface area contributed by atoms with Gasteiger partial charge in [0.1, 0.15) is 0 Å². The molecule has 0 bridgehead atoms. The summed E-state index contributed by atoms with van der Waals surface area (Å²) in [5.41, 5.74) is 3.10. The SMILES string of the molecule is CN=C(NCc1cccc(CS(=O)(=O)NC)c1)NC1CC(C)N(Cc2ccccc2)C1.I. The van der Waals surface area contributed by atoms with Crippen LogP contribution in [0.1, 0.15) is 30.0 Å². The number of halogens is 1. The highest BCUT2D eigenvalue weighted by Crippen LogP contribution is 2.20. The summed E-state index contributed by atoms with van der Waals surface area (Å²) in [6.45, 7) is 4.76. The van der Waals surface area contributed by atoms with Crippen LogP contribution in [0.25, 0.3) is 0 Å². The first-order valence-electron chi connectivity index (χ1n) is 10.6. The second-order valence-corrected chi connectivity index (χ2v) is 9.98. The number of sulfonamides is 1. The number of hydrogen-bond donors (Lipinski definition) is 3. The summed E-state index contributed by atoms with van der Waals surface area (Å²) in [7, 11) is -0.0843. The van der Waals surface area contributed by atoms with Crippen LogP contribution >= 0.6 is 24.0 Å². The normalized spacial score (nSPS) is 19.4. The number of aliphatic imine (C=N–C) groups is 1. The third kappa shape index (κ3) is 8.02. The molecule has 9 heteroatoms. The van der Waals surface area contributed by atoms with Crippen molar-refractivity contribution in [1.29, 1.82) is 0 Å². The standard InChI is InChI=1S/C23H33N5O2S.HI/c1-18-12-22(16-28(18)15-19-8-5-4-6-9-19)27-23(24-2)26-14-20-10-7-11-21(13-20)17-31(29,30)25-3;/h4-11,13,18,22,25H,12,14-17H2,1-3H3,(H2,24,26,27);1H. The van der Waals surface area contributed by atoms with E-state index in [0.717, 1.165) is 36.6 Å². The van der Waals surface area contributed by atoms with Crippen molar-refractivity contribution in [3.63, 3.8) is 0 Å². The molecule has 2 atom stereocenters. The lowest BCUT2D eigenvalue weighted by molar-refractivity contribution is 0.258. The first kappa shape index (κ1) is 26.6. The number of likely N-dealkylation sites (tertiary alicyclic amines) is 1. The average Bonchev–Trinajstić information content (AvgIpc) is 3.10. The third-order valence-electron chi connectivity index (χ3n) is 5.62. The fourth-order valence-corrected chi connectivity index (χ4v) is 4.70. The van der Waals surface area contributed by atoms with Crippen LogP contribution in [0, 0.1) is 0 Å². The van der Waals surface area contributed by atoms with Gasteiger partial charge in [0.15, 0.2) is 5.96 Å². The van der Waals surface area contributed by atoms with Gasteiger partial charge in [0.25, 0.3) is 0 Å². The van der Waals surface area contributed by atoms with Crippen molar-refractivity contribution in [3.8, 4) is 0 Å². The monoisotopic (exact) mass is 571 g/mol. The molecule has 0 amide bonds. The molecule has 0 aromatic heterocycles. The highest BCUT2D eigenvalue weighted by Gasteiger charge is 2.29. The van der Waals surface area contributed by atoms with E-state index in [1.54, 1.807) is 7.05 Å². The van der Waals surface area contributed by atoms with Gasteiger partial charge in [-0.1, -0.05) is 54.6 Å². The van der Waals surface area contributed by atoms with Crippen LogP contribution in [-0.2, 0) is 28.9 Å². The fraction of sp³-hybridized carbons (Fsp3) is 0.435. The Balaban J connectivity index is 0.00000363. The predicted molar refractivity (Wildman–Crippen MR) is 142 cm³/mol. The minimum atomic E-state index is -3.29. The van der Waals surface area contributed by atoms with E-state index in [1.165, 1.54) is 12.6 Å². The summed E-state index contributed by atoms with van der Waals surface area (Å²) < 4.78 is 25.9. The number of benzene rings is 2. The number of rotatable bonds is 8. The molecule has 7 nitrogen and oxygen atoms in total. The van der Waals surface area contributed by atoms with E-state index in [-0.39, 0.29) is 29.7 Å². The van der Waals surface area contributed by atoms with Crippen molar-refractivity contribution in [2.75, 3.05) is 20.6 Å². The molecule has 3 rings (SSSR count). The summed E-state index contributed by atoms with van der Waals surface area (Å²) in [4.78, 5) is 6.86. The summed E-state index contributed by atoms with van der Waals surface area (Å²) in [6, 6.07) is 19.0. The smallest absolute Gasteiger partial charge is 0.215 e. The van der Waals surface area contributed by atoms with E-state index < -0.39 is 10.0 Å². The molecule has 0 spiro atoms. The maximum absolute atomic E-state index is 11.8. The third-order valence-corrected chi connectivity index (χ3v) is 6.95. The van der Waals surface area contributed by atoms with Gasteiger partial charge in [-0.3, -0.25) is 9.89 Å². The summed E-state index contributed by atoms with van der Waals surface area (Å²) >= 11 is 0. The summed E-state index contributed by atoms with van der Waals surface area (Å²) in [5, 5.41) is 6.89. The summed E-state index contributed by atoms with van der Waals surface area (Å²) in [6.07, 6.45) is 1.06. The van der Waals surface area contributed by atoms with Crippen molar-refractivity contribution < 1.29 is 8.42 Å². The minimum Gasteiger partial charge on any atom is -0.352 e. The molecule has 1 aliphatic rings. The molecule has 1 heterocycles. The summed E-state index contributed by atoms with van der Waals surface area (Å²) in [5.74, 6) is 0.730. The maximum atomic E-state index is 11.8. The van der Waals surface area contributed by atoms with Crippen LogP contribution in [-0.4, -0.2) is 52.0 Å². The average molecular weight is 572 g/mol. The van der Waals surface area contributed by atoms with E-state index in [0.29, 0.717) is 18.6 Å². The maximum Gasteiger partial charge on any atom is 0.215 e. The Hall–Kier alpha value is -1.69. The van der Waals surface area contributed by atoms with E-state index in [1.807, 2.05) is 30.3 Å². The number of guanidine groups is 1. The molecule has 2 aromatic carbocycles. The second kappa shape index (κ2) is 12.5. The van der Waals surface area contributed by atoms with Gasteiger partial charge in [-0.05, 0) is 37.1 Å². The topological polar surface area (TPSA) is 85.8 Å². The van der Waals surface area contributed by atoms with Crippen molar-refractivity contribution in [2.45, 2.75) is 44.3 Å². The van der Waals surface area contributed by atoms with Crippen molar-refractivity contribution in [3.05, 3.63) is 71.3 Å². The molecule has 0 radical (unpaired) electrons. The van der Waals surface area contributed by atoms with Gasteiger partial charge < -0.3 is 10.6 Å². The van der Waals surface area contributed by atoms with Crippen molar-refractivity contribution in [2.24, 2.45) is 4.99 Å². The van der Waals surface area contributed by atoms with Gasteiger partial charge in [-0.2, -0.15) is 0 Å². The molecule has 0 aliphatic carbocycles. The van der Waals surface area contributed by atoms with Gasteiger partial charge in [0, 0.05) is 38.8 Å². The molecule has 1 fully saturated rings. The second-order valence-electron chi connectivity index (χ2n) is 8.05. The Bertz CT molecular complexity index is 985. The van der Waals surface area contributed by atoms with Crippen LogP contribution in [0.15, 0.2) is 59.6 Å². The van der Waals surface area contributed by atoms with Crippen LogP contribution < -0.4 is 15.4 Å². The van der Waals surface area contributed by atoms with E-state index in [2.05, 4.69) is 56.4 Å². The number of hydrogen-bond acceptors (Lipinski definition) is 4. The van der Waals surface area contributed by atoms with Crippen molar-refractivity contribution in [1.82, 2.24) is 20.3 Å². The largest absolute Gasteiger partial charge is 0.352 e. The first-order chi connectivity index (χ1) is 14.9. The Morgan fingerprint density at radius 1 is 1.09 bits per heavy atom. The predicted octanol–water partition coefficient (Wildman–Crippen LogP) is 2.68. The highest BCUT2D eigenvalue weighted by molar-refractivity contribution is 14.0. The fourth-order valence-electron chi connectivity index (χ4n) is 3.94. The van der Waals surface area contributed by atoms with Gasteiger partial charge in [-0.15, -0.1) is 24.0 Å². The molecule has 3 N–H and O–H groups in total. The lowest BCUT2D eigenvalue weighted by Crippen LogP contribution is -2.44. The zero-order chi connectivity index (χ0) is 22.3. The molecule has 1 saturated heterocycles. The van der Waals surface area contributed by atoms with Crippen LogP contribution in [0.5, 0.6) is 0 Å². The zero-order valence-electron chi connectivity index (χ0n) is 18.9. The van der Waals surface area contributed by atoms with Crippen LogP contribution in [0.2, 0.25) is 0 Å². The lowest BCUT2D eigenvalue weighted by Gasteiger charge is -2.21. The minimum absolute atomic E-state index is 0. The Morgan fingerprint density at radius 3 is 2.47 bits per heavy atom.